The Morgan fingerprint density at radius 2 is 2.25 bits per heavy atom. The first-order chi connectivity index (χ1) is 5.14. The van der Waals surface area contributed by atoms with Crippen LogP contribution in [0.4, 0.5) is 4.39 Å². The summed E-state index contributed by atoms with van der Waals surface area (Å²) >= 11 is 0. The van der Waals surface area contributed by atoms with Crippen LogP contribution in [0, 0.1) is 0 Å². The van der Waals surface area contributed by atoms with E-state index in [4.69, 9.17) is 5.73 Å². The van der Waals surface area contributed by atoms with Gasteiger partial charge in [0.05, 0.1) is 0 Å². The smallest absolute Gasteiger partial charge is 0.122 e. The summed E-state index contributed by atoms with van der Waals surface area (Å²) in [6, 6.07) is 0. The molecule has 1 heterocycles. The Labute approximate surface area is 79.7 Å². The second kappa shape index (κ2) is 5.00. The molecule has 0 bridgehead atoms. The number of halogens is 2. The zero-order chi connectivity index (χ0) is 8.32. The first-order valence-corrected chi connectivity index (χ1v) is 4.25. The molecule has 4 heteroatoms. The van der Waals surface area contributed by atoms with Crippen molar-refractivity contribution in [3.8, 4) is 0 Å². The van der Waals surface area contributed by atoms with Crippen LogP contribution in [-0.4, -0.2) is 36.7 Å². The van der Waals surface area contributed by atoms with Crippen LogP contribution in [0.2, 0.25) is 0 Å². The summed E-state index contributed by atoms with van der Waals surface area (Å²) < 4.78 is 13.2. The van der Waals surface area contributed by atoms with E-state index in [0.29, 0.717) is 19.5 Å². The van der Waals surface area contributed by atoms with Gasteiger partial charge in [0.1, 0.15) is 5.67 Å². The summed E-state index contributed by atoms with van der Waals surface area (Å²) in [6.45, 7) is 4.82. The molecule has 0 aromatic carbocycles. The lowest BCUT2D eigenvalue weighted by molar-refractivity contribution is 0.188. The number of alkyl halides is 1. The van der Waals surface area contributed by atoms with Gasteiger partial charge in [-0.3, -0.25) is 0 Å². The van der Waals surface area contributed by atoms with Gasteiger partial charge < -0.3 is 10.6 Å². The third-order valence-corrected chi connectivity index (χ3v) is 2.18. The van der Waals surface area contributed by atoms with Crippen molar-refractivity contribution in [3.05, 3.63) is 0 Å². The van der Waals surface area contributed by atoms with Gasteiger partial charge in [0.15, 0.2) is 0 Å². The molecule has 0 radical (unpaired) electrons. The van der Waals surface area contributed by atoms with Crippen molar-refractivity contribution in [2.45, 2.75) is 25.4 Å². The number of hydrogen-bond donors (Lipinski definition) is 1. The highest BCUT2D eigenvalue weighted by molar-refractivity contribution is 5.85. The summed E-state index contributed by atoms with van der Waals surface area (Å²) in [5, 5.41) is 0. The van der Waals surface area contributed by atoms with E-state index in [-0.39, 0.29) is 12.4 Å². The fourth-order valence-electron chi connectivity index (χ4n) is 1.52. The Bertz CT molecular complexity index is 130. The maximum absolute atomic E-state index is 13.2. The molecule has 12 heavy (non-hydrogen) atoms. The Hall–Kier alpha value is 0.140. The minimum absolute atomic E-state index is 0. The fraction of sp³-hybridized carbons (Fsp3) is 1.00. The maximum Gasteiger partial charge on any atom is 0.122 e. The largest absolute Gasteiger partial charge is 0.330 e. The monoisotopic (exact) mass is 196 g/mol. The molecule has 1 atom stereocenters. The molecule has 1 unspecified atom stereocenters. The molecule has 1 aliphatic heterocycles. The summed E-state index contributed by atoms with van der Waals surface area (Å²) in [5.74, 6) is 0. The van der Waals surface area contributed by atoms with E-state index in [1.165, 1.54) is 0 Å². The van der Waals surface area contributed by atoms with Gasteiger partial charge in [0.2, 0.25) is 0 Å². The molecule has 1 aliphatic rings. The topological polar surface area (TPSA) is 29.3 Å². The van der Waals surface area contributed by atoms with E-state index in [0.717, 1.165) is 19.5 Å². The van der Waals surface area contributed by atoms with E-state index in [2.05, 4.69) is 4.90 Å². The van der Waals surface area contributed by atoms with Crippen LogP contribution in [0.15, 0.2) is 0 Å². The quantitative estimate of drug-likeness (QED) is 0.735. The molecule has 2 nitrogen and oxygen atoms in total. The Kier molecular flexibility index (Phi) is 5.06. The molecule has 0 saturated carbocycles. The average molecular weight is 197 g/mol. The van der Waals surface area contributed by atoms with Gasteiger partial charge >= 0.3 is 0 Å². The van der Waals surface area contributed by atoms with Crippen LogP contribution < -0.4 is 5.73 Å². The Balaban J connectivity index is 0.00000121. The highest BCUT2D eigenvalue weighted by atomic mass is 35.5. The number of nitrogens with zero attached hydrogens (tertiary/aromatic N) is 1. The highest BCUT2D eigenvalue weighted by Crippen LogP contribution is 2.24. The van der Waals surface area contributed by atoms with Gasteiger partial charge in [-0.15, -0.1) is 12.4 Å². The molecule has 1 rings (SSSR count). The van der Waals surface area contributed by atoms with Crippen LogP contribution in [0.1, 0.15) is 19.8 Å². The number of hydrogen-bond acceptors (Lipinski definition) is 2. The fourth-order valence-corrected chi connectivity index (χ4v) is 1.52. The maximum atomic E-state index is 13.2. The second-order valence-corrected chi connectivity index (χ2v) is 3.58. The molecule has 0 aromatic heterocycles. The van der Waals surface area contributed by atoms with Crippen molar-refractivity contribution in [2.75, 3.05) is 26.2 Å². The predicted octanol–water partition coefficient (Wildman–Crippen LogP) is 1.19. The zero-order valence-corrected chi connectivity index (χ0v) is 8.37. The second-order valence-electron chi connectivity index (χ2n) is 3.58. The van der Waals surface area contributed by atoms with E-state index < -0.39 is 5.67 Å². The van der Waals surface area contributed by atoms with Crippen LogP contribution >= 0.6 is 12.4 Å². The van der Waals surface area contributed by atoms with Gasteiger partial charge in [-0.25, -0.2) is 4.39 Å². The number of rotatable bonds is 3. The first kappa shape index (κ1) is 12.1. The minimum Gasteiger partial charge on any atom is -0.330 e. The first-order valence-electron chi connectivity index (χ1n) is 4.25. The van der Waals surface area contributed by atoms with Crippen molar-refractivity contribution >= 4 is 12.4 Å². The summed E-state index contributed by atoms with van der Waals surface area (Å²) in [5.41, 5.74) is 4.40. The SMILES string of the molecule is CC1(F)CCN(CCCN)C1.Cl. The van der Waals surface area contributed by atoms with Gasteiger partial charge in [-0.05, 0) is 32.9 Å². The van der Waals surface area contributed by atoms with Gasteiger partial charge in [-0.1, -0.05) is 0 Å². The molecular weight excluding hydrogens is 179 g/mol. The van der Waals surface area contributed by atoms with Crippen molar-refractivity contribution in [1.82, 2.24) is 4.90 Å². The van der Waals surface area contributed by atoms with Gasteiger partial charge in [0.25, 0.3) is 0 Å². The van der Waals surface area contributed by atoms with Gasteiger partial charge in [-0.2, -0.15) is 0 Å². The zero-order valence-electron chi connectivity index (χ0n) is 7.55. The van der Waals surface area contributed by atoms with Crippen LogP contribution in [-0.2, 0) is 0 Å². The molecule has 74 valence electrons. The third kappa shape index (κ3) is 3.70. The van der Waals surface area contributed by atoms with Crippen molar-refractivity contribution in [3.63, 3.8) is 0 Å². The molecule has 0 spiro atoms. The average Bonchev–Trinajstić information content (AvgIpc) is 2.26. The molecule has 2 N–H and O–H groups in total. The van der Waals surface area contributed by atoms with Crippen molar-refractivity contribution < 1.29 is 4.39 Å². The van der Waals surface area contributed by atoms with E-state index >= 15 is 0 Å². The van der Waals surface area contributed by atoms with E-state index in [9.17, 15) is 4.39 Å². The Morgan fingerprint density at radius 3 is 2.67 bits per heavy atom. The van der Waals surface area contributed by atoms with E-state index in [1.54, 1.807) is 6.92 Å². The van der Waals surface area contributed by atoms with Crippen molar-refractivity contribution in [2.24, 2.45) is 5.73 Å². The molecule has 1 fully saturated rings. The highest BCUT2D eigenvalue weighted by Gasteiger charge is 2.32. The summed E-state index contributed by atoms with van der Waals surface area (Å²) in [4.78, 5) is 2.15. The summed E-state index contributed by atoms with van der Waals surface area (Å²) in [6.07, 6.45) is 1.66. The van der Waals surface area contributed by atoms with Crippen molar-refractivity contribution in [1.29, 1.82) is 0 Å². The van der Waals surface area contributed by atoms with Gasteiger partial charge in [0, 0.05) is 13.1 Å². The number of likely N-dealkylation sites (tertiary alicyclic amines) is 1. The van der Waals surface area contributed by atoms with Crippen LogP contribution in [0.3, 0.4) is 0 Å². The van der Waals surface area contributed by atoms with Crippen LogP contribution in [0.25, 0.3) is 0 Å². The standard InChI is InChI=1S/C8H17FN2.ClH/c1-8(9)3-6-11(7-8)5-2-4-10;/h2-7,10H2,1H3;1H. The molecule has 0 amide bonds. The van der Waals surface area contributed by atoms with Crippen LogP contribution in [0.5, 0.6) is 0 Å². The third-order valence-electron chi connectivity index (χ3n) is 2.18. The lowest BCUT2D eigenvalue weighted by Gasteiger charge is -2.16. The Morgan fingerprint density at radius 1 is 1.58 bits per heavy atom. The molecule has 1 saturated heterocycles. The molecule has 0 aromatic rings. The predicted molar refractivity (Wildman–Crippen MR) is 51.5 cm³/mol. The van der Waals surface area contributed by atoms with E-state index in [1.807, 2.05) is 0 Å². The lowest BCUT2D eigenvalue weighted by Crippen LogP contribution is -2.28. The minimum atomic E-state index is -0.950. The normalized spacial score (nSPS) is 30.2. The summed E-state index contributed by atoms with van der Waals surface area (Å²) in [7, 11) is 0. The molecule has 0 aliphatic carbocycles. The molecular formula is C8H18ClFN2. The lowest BCUT2D eigenvalue weighted by atomic mass is 10.1. The number of nitrogens with two attached hydrogens (primary N) is 1.